The number of rotatable bonds is 10. The van der Waals surface area contributed by atoms with Crippen molar-refractivity contribution in [2.24, 2.45) is 0 Å². The Balaban J connectivity index is 1.46. The summed E-state index contributed by atoms with van der Waals surface area (Å²) < 4.78 is 40.1. The number of halogens is 1. The van der Waals surface area contributed by atoms with Crippen LogP contribution in [0, 0.1) is 5.82 Å². The normalized spacial score (nSPS) is 11.6. The van der Waals surface area contributed by atoms with Gasteiger partial charge in [0.05, 0.1) is 10.6 Å². The van der Waals surface area contributed by atoms with Crippen molar-refractivity contribution in [3.63, 3.8) is 0 Å². The van der Waals surface area contributed by atoms with Crippen molar-refractivity contribution in [1.29, 1.82) is 0 Å². The number of benzene rings is 2. The second kappa shape index (κ2) is 10.5. The first-order valence-corrected chi connectivity index (χ1v) is 11.8. The lowest BCUT2D eigenvalue weighted by Gasteiger charge is -2.17. The number of nitrogens with one attached hydrogen (secondary N) is 2. The fourth-order valence-corrected chi connectivity index (χ4v) is 4.54. The molecule has 0 aliphatic carbocycles. The number of aromatic nitrogens is 2. The average Bonchev–Trinajstić information content (AvgIpc) is 3.27. The lowest BCUT2D eigenvalue weighted by atomic mass is 10.1. The summed E-state index contributed by atoms with van der Waals surface area (Å²) in [6.07, 6.45) is 3.22. The third-order valence-corrected chi connectivity index (χ3v) is 7.09. The highest BCUT2D eigenvalue weighted by atomic mass is 32.2. The minimum Gasteiger partial charge on any atom is -0.355 e. The van der Waals surface area contributed by atoms with Gasteiger partial charge in [-0.25, -0.2) is 17.1 Å². The highest BCUT2D eigenvalue weighted by molar-refractivity contribution is 7.89. The third-order valence-electron chi connectivity index (χ3n) is 5.22. The summed E-state index contributed by atoms with van der Waals surface area (Å²) in [6.45, 7) is 0.400. The summed E-state index contributed by atoms with van der Waals surface area (Å²) in [5, 5.41) is 9.72. The molecule has 3 aromatic rings. The second-order valence-corrected chi connectivity index (χ2v) is 9.57. The Morgan fingerprint density at radius 3 is 2.53 bits per heavy atom. The molecule has 9 heteroatoms. The van der Waals surface area contributed by atoms with Gasteiger partial charge >= 0.3 is 0 Å². The van der Waals surface area contributed by atoms with Crippen LogP contribution < -0.4 is 5.32 Å². The van der Waals surface area contributed by atoms with Gasteiger partial charge in [-0.15, -0.1) is 0 Å². The molecule has 0 unspecified atom stereocenters. The Bertz CT molecular complexity index is 1160. The van der Waals surface area contributed by atoms with Gasteiger partial charge in [0.25, 0.3) is 5.91 Å². The molecule has 0 saturated carbocycles. The number of carbonyl (C=O) groups is 1. The smallest absolute Gasteiger partial charge is 0.251 e. The molecule has 0 radical (unpaired) electrons. The lowest BCUT2D eigenvalue weighted by molar-refractivity contribution is 0.0963. The van der Waals surface area contributed by atoms with E-state index in [1.165, 1.54) is 47.8 Å². The van der Waals surface area contributed by atoms with Gasteiger partial charge in [-0.05, 0) is 61.7 Å². The molecule has 0 bridgehead atoms. The predicted molar refractivity (Wildman–Crippen MR) is 121 cm³/mol. The summed E-state index contributed by atoms with van der Waals surface area (Å²) >= 11 is 0. The van der Waals surface area contributed by atoms with Crippen LogP contribution >= 0.6 is 0 Å². The Labute approximate surface area is 187 Å². The first-order chi connectivity index (χ1) is 15.3. The Morgan fingerprint density at radius 1 is 1.09 bits per heavy atom. The van der Waals surface area contributed by atoms with Crippen LogP contribution in [0.15, 0.2) is 59.5 Å². The molecule has 1 amide bonds. The summed E-state index contributed by atoms with van der Waals surface area (Å²) in [7, 11) is -0.522. The molecule has 3 rings (SSSR count). The van der Waals surface area contributed by atoms with Gasteiger partial charge in [-0.3, -0.25) is 9.89 Å². The standard InChI is InChI=1S/C23H27FN4O3S/c1-25-23(29)17-10-12-21(13-11-17)32(30,31)28(2)14-5-3-4-9-20-16-22(27-26-20)18-7-6-8-19(24)15-18/h6-8,10-13,15-16H,3-5,9,14H2,1-2H3,(H,25,29)(H,26,27). The van der Waals surface area contributed by atoms with Gasteiger partial charge in [-0.2, -0.15) is 5.10 Å². The molecular weight excluding hydrogens is 431 g/mol. The van der Waals surface area contributed by atoms with Crippen molar-refractivity contribution in [3.8, 4) is 11.3 Å². The van der Waals surface area contributed by atoms with Crippen LogP contribution in [-0.2, 0) is 16.4 Å². The van der Waals surface area contributed by atoms with Crippen molar-refractivity contribution in [2.75, 3.05) is 20.6 Å². The van der Waals surface area contributed by atoms with Crippen LogP contribution in [0.3, 0.4) is 0 Å². The zero-order valence-electron chi connectivity index (χ0n) is 18.1. The number of amides is 1. The van der Waals surface area contributed by atoms with E-state index in [1.54, 1.807) is 13.1 Å². The molecule has 0 aliphatic heterocycles. The van der Waals surface area contributed by atoms with Gasteiger partial charge in [-0.1, -0.05) is 18.6 Å². The van der Waals surface area contributed by atoms with E-state index >= 15 is 0 Å². The number of hydrogen-bond acceptors (Lipinski definition) is 4. The molecule has 7 nitrogen and oxygen atoms in total. The number of nitrogens with zero attached hydrogens (tertiary/aromatic N) is 2. The zero-order chi connectivity index (χ0) is 23.1. The van der Waals surface area contributed by atoms with Gasteiger partial charge in [0.1, 0.15) is 5.82 Å². The molecule has 0 atom stereocenters. The average molecular weight is 459 g/mol. The molecule has 0 aliphatic rings. The van der Waals surface area contributed by atoms with E-state index in [0.717, 1.165) is 36.9 Å². The van der Waals surface area contributed by atoms with Crippen LogP contribution in [0.5, 0.6) is 0 Å². The van der Waals surface area contributed by atoms with Crippen molar-refractivity contribution in [2.45, 2.75) is 30.6 Å². The molecule has 2 N–H and O–H groups in total. The fraction of sp³-hybridized carbons (Fsp3) is 0.304. The van der Waals surface area contributed by atoms with Crippen molar-refractivity contribution in [1.82, 2.24) is 19.8 Å². The maximum Gasteiger partial charge on any atom is 0.251 e. The van der Waals surface area contributed by atoms with Gasteiger partial charge < -0.3 is 5.32 Å². The van der Waals surface area contributed by atoms with E-state index in [2.05, 4.69) is 15.5 Å². The highest BCUT2D eigenvalue weighted by Crippen LogP contribution is 2.20. The monoisotopic (exact) mass is 458 g/mol. The Kier molecular flexibility index (Phi) is 7.76. The maximum atomic E-state index is 13.4. The van der Waals surface area contributed by atoms with Crippen LogP contribution in [0.4, 0.5) is 4.39 Å². The van der Waals surface area contributed by atoms with Crippen LogP contribution in [-0.4, -0.2) is 49.5 Å². The topological polar surface area (TPSA) is 95.2 Å². The highest BCUT2D eigenvalue weighted by Gasteiger charge is 2.20. The lowest BCUT2D eigenvalue weighted by Crippen LogP contribution is -2.28. The molecular formula is C23H27FN4O3S. The first kappa shape index (κ1) is 23.6. The van der Waals surface area contributed by atoms with Crippen LogP contribution in [0.25, 0.3) is 11.3 Å². The molecule has 170 valence electrons. The van der Waals surface area contributed by atoms with E-state index in [4.69, 9.17) is 0 Å². The molecule has 0 saturated heterocycles. The van der Waals surface area contributed by atoms with Gasteiger partial charge in [0.15, 0.2) is 0 Å². The van der Waals surface area contributed by atoms with Crippen molar-refractivity contribution >= 4 is 15.9 Å². The summed E-state index contributed by atoms with van der Waals surface area (Å²) in [6, 6.07) is 14.1. The number of sulfonamides is 1. The SMILES string of the molecule is CNC(=O)c1ccc(S(=O)(=O)N(C)CCCCCc2cc(-c3cccc(F)c3)n[nH]2)cc1. The van der Waals surface area contributed by atoms with E-state index in [1.807, 2.05) is 12.1 Å². The molecule has 1 heterocycles. The third kappa shape index (κ3) is 5.80. The molecule has 2 aromatic carbocycles. The van der Waals surface area contributed by atoms with Crippen molar-refractivity contribution < 1.29 is 17.6 Å². The van der Waals surface area contributed by atoms with Crippen LogP contribution in [0.1, 0.15) is 35.3 Å². The van der Waals surface area contributed by atoms with Crippen molar-refractivity contribution in [3.05, 3.63) is 71.7 Å². The van der Waals surface area contributed by atoms with E-state index < -0.39 is 10.0 Å². The summed E-state index contributed by atoms with van der Waals surface area (Å²) in [5.41, 5.74) is 2.80. The molecule has 0 fully saturated rings. The molecule has 32 heavy (non-hydrogen) atoms. The molecule has 1 aromatic heterocycles. The first-order valence-electron chi connectivity index (χ1n) is 10.4. The minimum atomic E-state index is -3.60. The Hall–Kier alpha value is -3.04. The number of aromatic amines is 1. The summed E-state index contributed by atoms with van der Waals surface area (Å²) in [4.78, 5) is 11.8. The number of H-pyrrole nitrogens is 1. The van der Waals surface area contributed by atoms with Gasteiger partial charge in [0, 0.05) is 37.5 Å². The Morgan fingerprint density at radius 2 is 1.84 bits per heavy atom. The van der Waals surface area contributed by atoms with E-state index in [9.17, 15) is 17.6 Å². The largest absolute Gasteiger partial charge is 0.355 e. The number of hydrogen-bond donors (Lipinski definition) is 2. The molecule has 0 spiro atoms. The fourth-order valence-electron chi connectivity index (χ4n) is 3.33. The van der Waals surface area contributed by atoms with E-state index in [-0.39, 0.29) is 16.6 Å². The van der Waals surface area contributed by atoms with Gasteiger partial charge in [0.2, 0.25) is 10.0 Å². The summed E-state index contributed by atoms with van der Waals surface area (Å²) in [5.74, 6) is -0.559. The second-order valence-electron chi connectivity index (χ2n) is 7.53. The minimum absolute atomic E-state index is 0.162. The number of carbonyl (C=O) groups excluding carboxylic acids is 1. The number of aryl methyl sites for hydroxylation is 1. The maximum absolute atomic E-state index is 13.4. The van der Waals surface area contributed by atoms with Crippen LogP contribution in [0.2, 0.25) is 0 Å². The van der Waals surface area contributed by atoms with E-state index in [0.29, 0.717) is 17.8 Å². The number of unbranched alkanes of at least 4 members (excludes halogenated alkanes) is 2. The quantitative estimate of drug-likeness (QED) is 0.454. The zero-order valence-corrected chi connectivity index (χ0v) is 19.0. The predicted octanol–water partition coefficient (Wildman–Crippen LogP) is 3.61.